The molecule has 0 saturated carbocycles. The third-order valence-electron chi connectivity index (χ3n) is 5.24. The molecule has 0 saturated heterocycles. The van der Waals surface area contributed by atoms with Crippen molar-refractivity contribution >= 4 is 22.7 Å². The molecule has 0 aliphatic heterocycles. The maximum absolute atomic E-state index is 13.4. The number of carbonyl (C=O) groups is 2. The Bertz CT molecular complexity index is 1270. The smallest absolute Gasteiger partial charge is 0.255 e. The molecule has 0 radical (unpaired) electrons. The van der Waals surface area contributed by atoms with Gasteiger partial charge >= 0.3 is 0 Å². The van der Waals surface area contributed by atoms with Crippen molar-refractivity contribution < 1.29 is 18.4 Å². The van der Waals surface area contributed by atoms with Crippen molar-refractivity contribution in [3.05, 3.63) is 83.7 Å². The highest BCUT2D eigenvalue weighted by molar-refractivity contribution is 6.11. The van der Waals surface area contributed by atoms with Gasteiger partial charge in [0.1, 0.15) is 17.2 Å². The zero-order chi connectivity index (χ0) is 22.0. The molecule has 4 rings (SSSR count). The molecule has 1 heterocycles. The summed E-state index contributed by atoms with van der Waals surface area (Å²) in [4.78, 5) is 25.0. The third kappa shape index (κ3) is 3.99. The van der Waals surface area contributed by atoms with Gasteiger partial charge in [-0.05, 0) is 60.0 Å². The van der Waals surface area contributed by atoms with Gasteiger partial charge in [-0.25, -0.2) is 4.39 Å². The number of benzene rings is 3. The fourth-order valence-electron chi connectivity index (χ4n) is 3.68. The predicted octanol–water partition coefficient (Wildman–Crippen LogP) is 6.25. The van der Waals surface area contributed by atoms with E-state index in [1.165, 1.54) is 12.1 Å². The zero-order valence-corrected chi connectivity index (χ0v) is 17.4. The van der Waals surface area contributed by atoms with Crippen molar-refractivity contribution in [2.24, 2.45) is 0 Å². The minimum absolute atomic E-state index is 0.110. The van der Waals surface area contributed by atoms with Gasteiger partial charge in [-0.15, -0.1) is 0 Å². The quantitative estimate of drug-likeness (QED) is 0.379. The molecule has 156 valence electrons. The van der Waals surface area contributed by atoms with E-state index in [1.807, 2.05) is 49.4 Å². The lowest BCUT2D eigenvalue weighted by molar-refractivity contribution is 0.0961. The molecule has 1 aromatic heterocycles. The number of rotatable bonds is 6. The molecular formula is C26H22FNO3. The Labute approximate surface area is 179 Å². The Morgan fingerprint density at radius 2 is 1.65 bits per heavy atom. The van der Waals surface area contributed by atoms with Crippen LogP contribution in [0, 0.1) is 5.82 Å². The predicted molar refractivity (Wildman–Crippen MR) is 120 cm³/mol. The maximum Gasteiger partial charge on any atom is 0.255 e. The highest BCUT2D eigenvalue weighted by atomic mass is 19.1. The van der Waals surface area contributed by atoms with E-state index in [0.29, 0.717) is 39.8 Å². The molecule has 0 fully saturated rings. The average Bonchev–Trinajstić information content (AvgIpc) is 3.18. The van der Waals surface area contributed by atoms with E-state index in [1.54, 1.807) is 19.2 Å². The van der Waals surface area contributed by atoms with Crippen molar-refractivity contribution in [1.29, 1.82) is 0 Å². The summed E-state index contributed by atoms with van der Waals surface area (Å²) in [6.45, 7) is 1.98. The van der Waals surface area contributed by atoms with Crippen LogP contribution in [0.1, 0.15) is 40.5 Å². The molecule has 0 bridgehead atoms. The number of Topliss-reactive ketones (excluding diaryl/α,β-unsaturated/α-hetero) is 1. The molecule has 1 amide bonds. The molecule has 0 aliphatic rings. The highest BCUT2D eigenvalue weighted by Crippen LogP contribution is 2.36. The van der Waals surface area contributed by atoms with Crippen LogP contribution in [-0.4, -0.2) is 18.7 Å². The minimum Gasteiger partial charge on any atom is -0.455 e. The number of furan rings is 1. The van der Waals surface area contributed by atoms with E-state index in [4.69, 9.17) is 4.42 Å². The molecule has 0 atom stereocenters. The van der Waals surface area contributed by atoms with Gasteiger partial charge in [-0.2, -0.15) is 0 Å². The molecule has 31 heavy (non-hydrogen) atoms. The Balaban J connectivity index is 1.86. The molecule has 0 aliphatic carbocycles. The molecule has 0 spiro atoms. The number of nitrogens with one attached hydrogen (secondary N) is 1. The second-order valence-electron chi connectivity index (χ2n) is 7.36. The van der Waals surface area contributed by atoms with Crippen LogP contribution in [0.3, 0.4) is 0 Å². The largest absolute Gasteiger partial charge is 0.455 e. The number of amides is 1. The molecule has 3 aromatic carbocycles. The minimum atomic E-state index is -0.360. The highest BCUT2D eigenvalue weighted by Gasteiger charge is 2.22. The molecule has 5 heteroatoms. The van der Waals surface area contributed by atoms with Gasteiger partial charge in [0.15, 0.2) is 5.78 Å². The number of fused-ring (bicyclic) bond motifs is 1. The summed E-state index contributed by atoms with van der Waals surface area (Å²) < 4.78 is 19.4. The third-order valence-corrected chi connectivity index (χ3v) is 5.24. The number of carbonyl (C=O) groups excluding carboxylic acids is 2. The van der Waals surface area contributed by atoms with Gasteiger partial charge in [-0.3, -0.25) is 9.59 Å². The van der Waals surface area contributed by atoms with Crippen LogP contribution in [0.25, 0.3) is 33.4 Å². The van der Waals surface area contributed by atoms with Gasteiger partial charge in [0.2, 0.25) is 0 Å². The summed E-state index contributed by atoms with van der Waals surface area (Å²) in [7, 11) is 1.56. The SMILES string of the molecule is CCCC(=O)c1cccc(-c2ccc3oc(-c4ccc(F)cc4)c(C(=O)NC)c3c2)c1. The van der Waals surface area contributed by atoms with Gasteiger partial charge in [-0.1, -0.05) is 31.2 Å². The van der Waals surface area contributed by atoms with Gasteiger partial charge < -0.3 is 9.73 Å². The van der Waals surface area contributed by atoms with Gasteiger partial charge in [0.05, 0.1) is 5.56 Å². The van der Waals surface area contributed by atoms with Crippen molar-refractivity contribution in [3.63, 3.8) is 0 Å². The monoisotopic (exact) mass is 415 g/mol. The number of hydrogen-bond acceptors (Lipinski definition) is 3. The first kappa shape index (κ1) is 20.5. The number of ketones is 1. The van der Waals surface area contributed by atoms with Crippen molar-refractivity contribution in [2.45, 2.75) is 19.8 Å². The second kappa shape index (κ2) is 8.56. The van der Waals surface area contributed by atoms with E-state index in [2.05, 4.69) is 5.32 Å². The van der Waals surface area contributed by atoms with E-state index in [-0.39, 0.29) is 17.5 Å². The van der Waals surface area contributed by atoms with Crippen LogP contribution in [0.5, 0.6) is 0 Å². The Morgan fingerprint density at radius 1 is 0.935 bits per heavy atom. The molecular weight excluding hydrogens is 393 g/mol. The Morgan fingerprint density at radius 3 is 2.35 bits per heavy atom. The van der Waals surface area contributed by atoms with Gasteiger partial charge in [0, 0.05) is 30.0 Å². The molecule has 0 unspecified atom stereocenters. The normalized spacial score (nSPS) is 10.9. The van der Waals surface area contributed by atoms with Crippen molar-refractivity contribution in [3.8, 4) is 22.5 Å². The zero-order valence-electron chi connectivity index (χ0n) is 17.4. The second-order valence-corrected chi connectivity index (χ2v) is 7.36. The van der Waals surface area contributed by atoms with Crippen molar-refractivity contribution in [1.82, 2.24) is 5.32 Å². The lowest BCUT2D eigenvalue weighted by atomic mass is 9.97. The van der Waals surface area contributed by atoms with Crippen LogP contribution >= 0.6 is 0 Å². The molecule has 4 nitrogen and oxygen atoms in total. The van der Waals surface area contributed by atoms with Crippen LogP contribution in [0.4, 0.5) is 4.39 Å². The number of halogens is 1. The standard InChI is InChI=1S/C26H22FNO3/c1-3-5-22(29)19-7-4-6-17(14-19)18-10-13-23-21(15-18)24(26(30)28-2)25(31-23)16-8-11-20(27)12-9-16/h4,6-15H,3,5H2,1-2H3,(H,28,30). The van der Waals surface area contributed by atoms with Crippen LogP contribution in [0.15, 0.2) is 71.1 Å². The van der Waals surface area contributed by atoms with E-state index < -0.39 is 0 Å². The maximum atomic E-state index is 13.4. The summed E-state index contributed by atoms with van der Waals surface area (Å²) >= 11 is 0. The first-order valence-electron chi connectivity index (χ1n) is 10.2. The van der Waals surface area contributed by atoms with E-state index in [9.17, 15) is 14.0 Å². The summed E-state index contributed by atoms with van der Waals surface area (Å²) in [5.41, 5.74) is 3.99. The van der Waals surface area contributed by atoms with Crippen LogP contribution in [-0.2, 0) is 0 Å². The summed E-state index contributed by atoms with van der Waals surface area (Å²) in [5, 5.41) is 3.31. The van der Waals surface area contributed by atoms with Crippen molar-refractivity contribution in [2.75, 3.05) is 7.05 Å². The Hall–Kier alpha value is -3.73. The Kier molecular flexibility index (Phi) is 5.67. The molecule has 4 aromatic rings. The average molecular weight is 415 g/mol. The van der Waals surface area contributed by atoms with E-state index in [0.717, 1.165) is 17.5 Å². The topological polar surface area (TPSA) is 59.3 Å². The molecule has 1 N–H and O–H groups in total. The lowest BCUT2D eigenvalue weighted by Crippen LogP contribution is -2.18. The lowest BCUT2D eigenvalue weighted by Gasteiger charge is -2.06. The van der Waals surface area contributed by atoms with E-state index >= 15 is 0 Å². The fraction of sp³-hybridized carbons (Fsp3) is 0.154. The fourth-order valence-corrected chi connectivity index (χ4v) is 3.68. The first-order chi connectivity index (χ1) is 15.0. The summed E-state index contributed by atoms with van der Waals surface area (Å²) in [6.07, 6.45) is 1.30. The summed E-state index contributed by atoms with van der Waals surface area (Å²) in [6, 6.07) is 18.9. The number of hydrogen-bond donors (Lipinski definition) is 1. The van der Waals surface area contributed by atoms with Gasteiger partial charge in [0.25, 0.3) is 5.91 Å². The van der Waals surface area contributed by atoms with Crippen LogP contribution in [0.2, 0.25) is 0 Å². The van der Waals surface area contributed by atoms with Crippen LogP contribution < -0.4 is 5.32 Å². The summed E-state index contributed by atoms with van der Waals surface area (Å²) in [5.74, 6) is -0.153. The first-order valence-corrected chi connectivity index (χ1v) is 10.2.